The van der Waals surface area contributed by atoms with Crippen LogP contribution in [0.3, 0.4) is 0 Å². The van der Waals surface area contributed by atoms with Crippen molar-refractivity contribution in [3.63, 3.8) is 0 Å². The van der Waals surface area contributed by atoms with E-state index < -0.39 is 0 Å². The molecule has 0 amide bonds. The molecule has 0 fully saturated rings. The molecule has 0 bridgehead atoms. The number of para-hydroxylation sites is 1. The number of rotatable bonds is 6. The van der Waals surface area contributed by atoms with E-state index >= 15 is 0 Å². The minimum atomic E-state index is 0.398. The lowest BCUT2D eigenvalue weighted by molar-refractivity contribution is 0.479. The van der Waals surface area contributed by atoms with Crippen LogP contribution < -0.4 is 10.6 Å². The van der Waals surface area contributed by atoms with E-state index in [4.69, 9.17) is 4.42 Å². The quantitative estimate of drug-likeness (QED) is 0.803. The van der Waals surface area contributed by atoms with E-state index in [0.717, 1.165) is 23.1 Å². The average Bonchev–Trinajstić information content (AvgIpc) is 2.80. The van der Waals surface area contributed by atoms with Gasteiger partial charge < -0.3 is 15.1 Å². The van der Waals surface area contributed by atoms with Crippen molar-refractivity contribution in [2.75, 3.05) is 11.9 Å². The number of benzene rings is 1. The standard InChI is InChI=1S/C12H15BrN4O/c1-2-7-14-8-11-16-17-12(18-11)15-10-6-4-3-5-9(10)13/h3-6,14H,2,7-8H2,1H3,(H,15,17). The number of halogens is 1. The van der Waals surface area contributed by atoms with Crippen molar-refractivity contribution < 1.29 is 4.42 Å². The lowest BCUT2D eigenvalue weighted by atomic mass is 10.3. The Morgan fingerprint density at radius 2 is 2.11 bits per heavy atom. The average molecular weight is 311 g/mol. The van der Waals surface area contributed by atoms with Crippen LogP contribution >= 0.6 is 15.9 Å². The molecule has 2 aromatic rings. The molecular formula is C12H15BrN4O. The van der Waals surface area contributed by atoms with E-state index in [-0.39, 0.29) is 0 Å². The molecule has 96 valence electrons. The highest BCUT2D eigenvalue weighted by Crippen LogP contribution is 2.24. The second-order valence-electron chi connectivity index (χ2n) is 3.78. The topological polar surface area (TPSA) is 63.0 Å². The Bertz CT molecular complexity index is 500. The molecular weight excluding hydrogens is 296 g/mol. The summed E-state index contributed by atoms with van der Waals surface area (Å²) in [5.41, 5.74) is 0.897. The molecule has 0 aliphatic rings. The third-order valence-corrected chi connectivity index (χ3v) is 2.98. The first kappa shape index (κ1) is 13.0. The monoisotopic (exact) mass is 310 g/mol. The van der Waals surface area contributed by atoms with Gasteiger partial charge in [-0.15, -0.1) is 5.10 Å². The number of nitrogens with one attached hydrogen (secondary N) is 2. The first-order valence-corrected chi connectivity index (χ1v) is 6.63. The van der Waals surface area contributed by atoms with Gasteiger partial charge in [-0.05, 0) is 41.0 Å². The molecule has 18 heavy (non-hydrogen) atoms. The van der Waals surface area contributed by atoms with Gasteiger partial charge in [-0.2, -0.15) is 0 Å². The van der Waals surface area contributed by atoms with Gasteiger partial charge in [-0.1, -0.05) is 24.2 Å². The Hall–Kier alpha value is -1.40. The van der Waals surface area contributed by atoms with Crippen LogP contribution in [0.2, 0.25) is 0 Å². The minimum Gasteiger partial charge on any atom is -0.406 e. The van der Waals surface area contributed by atoms with Gasteiger partial charge in [0.05, 0.1) is 12.2 Å². The van der Waals surface area contributed by atoms with Gasteiger partial charge >= 0.3 is 6.01 Å². The predicted octanol–water partition coefficient (Wildman–Crippen LogP) is 3.08. The molecule has 1 aromatic carbocycles. The zero-order valence-corrected chi connectivity index (χ0v) is 11.7. The molecule has 0 aliphatic heterocycles. The number of anilines is 2. The van der Waals surface area contributed by atoms with Crippen LogP contribution in [0.5, 0.6) is 0 Å². The van der Waals surface area contributed by atoms with Gasteiger partial charge in [0, 0.05) is 4.47 Å². The third kappa shape index (κ3) is 3.54. The van der Waals surface area contributed by atoms with Gasteiger partial charge in [-0.3, -0.25) is 0 Å². The Labute approximate surface area is 114 Å². The van der Waals surface area contributed by atoms with Gasteiger partial charge in [0.25, 0.3) is 0 Å². The molecule has 0 aliphatic carbocycles. The third-order valence-electron chi connectivity index (χ3n) is 2.29. The van der Waals surface area contributed by atoms with Crippen molar-refractivity contribution in [2.24, 2.45) is 0 Å². The van der Waals surface area contributed by atoms with Crippen LogP contribution in [-0.2, 0) is 6.54 Å². The normalized spacial score (nSPS) is 10.6. The maximum atomic E-state index is 5.47. The van der Waals surface area contributed by atoms with Crippen molar-refractivity contribution in [1.29, 1.82) is 0 Å². The molecule has 2 N–H and O–H groups in total. The maximum Gasteiger partial charge on any atom is 0.320 e. The van der Waals surface area contributed by atoms with Gasteiger partial charge in [-0.25, -0.2) is 0 Å². The summed E-state index contributed by atoms with van der Waals surface area (Å²) in [6.45, 7) is 3.65. The molecule has 0 saturated heterocycles. The summed E-state index contributed by atoms with van der Waals surface area (Å²) in [4.78, 5) is 0. The maximum absolute atomic E-state index is 5.47. The number of hydrogen-bond acceptors (Lipinski definition) is 5. The molecule has 5 nitrogen and oxygen atoms in total. The highest BCUT2D eigenvalue weighted by atomic mass is 79.9. The molecule has 2 rings (SSSR count). The number of nitrogens with zero attached hydrogens (tertiary/aromatic N) is 2. The van der Waals surface area contributed by atoms with Crippen LogP contribution in [0.15, 0.2) is 33.2 Å². The largest absolute Gasteiger partial charge is 0.406 e. The number of hydrogen-bond donors (Lipinski definition) is 2. The van der Waals surface area contributed by atoms with E-state index in [0.29, 0.717) is 18.5 Å². The minimum absolute atomic E-state index is 0.398. The molecule has 0 saturated carbocycles. The lowest BCUT2D eigenvalue weighted by Crippen LogP contribution is -2.13. The van der Waals surface area contributed by atoms with Crippen molar-refractivity contribution in [3.8, 4) is 0 Å². The summed E-state index contributed by atoms with van der Waals surface area (Å²) in [7, 11) is 0. The molecule has 1 aromatic heterocycles. The number of aromatic nitrogens is 2. The fourth-order valence-corrected chi connectivity index (χ4v) is 1.81. The predicted molar refractivity (Wildman–Crippen MR) is 73.7 cm³/mol. The van der Waals surface area contributed by atoms with E-state index in [1.54, 1.807) is 0 Å². The fourth-order valence-electron chi connectivity index (χ4n) is 1.43. The Balaban J connectivity index is 1.96. The zero-order chi connectivity index (χ0) is 12.8. The fraction of sp³-hybridized carbons (Fsp3) is 0.333. The van der Waals surface area contributed by atoms with Crippen molar-refractivity contribution in [1.82, 2.24) is 15.5 Å². The van der Waals surface area contributed by atoms with Crippen LogP contribution in [0.4, 0.5) is 11.7 Å². The SMILES string of the molecule is CCCNCc1nnc(Nc2ccccc2Br)o1. The summed E-state index contributed by atoms with van der Waals surface area (Å²) >= 11 is 3.45. The molecule has 0 atom stereocenters. The highest BCUT2D eigenvalue weighted by molar-refractivity contribution is 9.10. The zero-order valence-electron chi connectivity index (χ0n) is 10.1. The Morgan fingerprint density at radius 3 is 2.89 bits per heavy atom. The van der Waals surface area contributed by atoms with Gasteiger partial charge in [0.2, 0.25) is 5.89 Å². The van der Waals surface area contributed by atoms with Crippen LogP contribution in [0, 0.1) is 0 Å². The molecule has 1 heterocycles. The van der Waals surface area contributed by atoms with Crippen LogP contribution in [0.1, 0.15) is 19.2 Å². The first-order valence-electron chi connectivity index (χ1n) is 5.84. The van der Waals surface area contributed by atoms with Gasteiger partial charge in [0.1, 0.15) is 0 Å². The molecule has 0 radical (unpaired) electrons. The highest BCUT2D eigenvalue weighted by Gasteiger charge is 2.07. The van der Waals surface area contributed by atoms with Crippen molar-refractivity contribution in [2.45, 2.75) is 19.9 Å². The lowest BCUT2D eigenvalue weighted by Gasteiger charge is -2.02. The van der Waals surface area contributed by atoms with Crippen molar-refractivity contribution >= 4 is 27.6 Å². The summed E-state index contributed by atoms with van der Waals surface area (Å²) in [5, 5.41) is 14.2. The second kappa shape index (κ2) is 6.51. The van der Waals surface area contributed by atoms with E-state index in [1.807, 2.05) is 24.3 Å². The smallest absolute Gasteiger partial charge is 0.320 e. The van der Waals surface area contributed by atoms with Crippen LogP contribution in [0.25, 0.3) is 0 Å². The summed E-state index contributed by atoms with van der Waals surface area (Å²) in [6, 6.07) is 8.16. The van der Waals surface area contributed by atoms with Gasteiger partial charge in [0.15, 0.2) is 0 Å². The van der Waals surface area contributed by atoms with E-state index in [1.165, 1.54) is 0 Å². The van der Waals surface area contributed by atoms with Crippen LogP contribution in [-0.4, -0.2) is 16.7 Å². The summed E-state index contributed by atoms with van der Waals surface area (Å²) in [6.07, 6.45) is 1.08. The van der Waals surface area contributed by atoms with E-state index in [9.17, 15) is 0 Å². The first-order chi connectivity index (χ1) is 8.79. The van der Waals surface area contributed by atoms with Crippen molar-refractivity contribution in [3.05, 3.63) is 34.6 Å². The Kier molecular flexibility index (Phi) is 4.72. The summed E-state index contributed by atoms with van der Waals surface area (Å²) < 4.78 is 6.43. The Morgan fingerprint density at radius 1 is 1.28 bits per heavy atom. The molecule has 6 heteroatoms. The second-order valence-corrected chi connectivity index (χ2v) is 4.64. The molecule has 0 spiro atoms. The molecule has 0 unspecified atom stereocenters. The summed E-state index contributed by atoms with van der Waals surface area (Å²) in [5.74, 6) is 0.581. The van der Waals surface area contributed by atoms with E-state index in [2.05, 4.69) is 43.7 Å².